The van der Waals surface area contributed by atoms with E-state index in [2.05, 4.69) is 25.3 Å². The highest BCUT2D eigenvalue weighted by atomic mass is 16.3. The molecule has 3 rings (SSSR count). The van der Waals surface area contributed by atoms with Crippen LogP contribution in [0.3, 0.4) is 0 Å². The Kier molecular flexibility index (Phi) is 4.12. The van der Waals surface area contributed by atoms with E-state index in [1.54, 1.807) is 18.5 Å². The molecule has 0 bridgehead atoms. The van der Waals surface area contributed by atoms with Gasteiger partial charge in [-0.1, -0.05) is 0 Å². The van der Waals surface area contributed by atoms with Crippen molar-refractivity contribution in [2.45, 2.75) is 19.5 Å². The number of rotatable bonds is 5. The van der Waals surface area contributed by atoms with Crippen molar-refractivity contribution in [3.8, 4) is 0 Å². The average molecular weight is 288 g/mol. The molecule has 2 aromatic heterocycles. The molecule has 2 aromatic rings. The Morgan fingerprint density at radius 1 is 1.33 bits per heavy atom. The number of β-amino-alcohol motifs (C(OH)–C–C–N with tert-alkyl or cyclic N) is 1. The number of aromatic nitrogens is 4. The van der Waals surface area contributed by atoms with Crippen LogP contribution in [0.5, 0.6) is 0 Å². The zero-order valence-electron chi connectivity index (χ0n) is 12.2. The Bertz CT molecular complexity index is 597. The average Bonchev–Trinajstić information content (AvgIpc) is 2.83. The minimum absolute atomic E-state index is 0.201. The second kappa shape index (κ2) is 6.19. The fourth-order valence-electron chi connectivity index (χ4n) is 2.74. The number of aryl methyl sites for hydroxylation is 1. The molecule has 0 aliphatic carbocycles. The fourth-order valence-corrected chi connectivity index (χ4v) is 2.74. The van der Waals surface area contributed by atoms with E-state index in [1.807, 2.05) is 11.7 Å². The Morgan fingerprint density at radius 2 is 2.14 bits per heavy atom. The summed E-state index contributed by atoms with van der Waals surface area (Å²) in [6, 6.07) is 1.80. The lowest BCUT2D eigenvalue weighted by Crippen LogP contribution is -2.33. The maximum absolute atomic E-state index is 9.06. The van der Waals surface area contributed by atoms with E-state index < -0.39 is 0 Å². The lowest BCUT2D eigenvalue weighted by molar-refractivity contribution is 0.181. The van der Waals surface area contributed by atoms with Crippen LogP contribution in [0.4, 0.5) is 5.95 Å². The highest BCUT2D eigenvalue weighted by Crippen LogP contribution is 2.22. The van der Waals surface area contributed by atoms with Gasteiger partial charge in [0, 0.05) is 44.6 Å². The summed E-state index contributed by atoms with van der Waals surface area (Å²) in [6.45, 7) is 3.37. The van der Waals surface area contributed by atoms with Gasteiger partial charge in [-0.05, 0) is 12.5 Å². The molecule has 0 amide bonds. The normalized spacial score (nSPS) is 15.0. The second-order valence-electron chi connectivity index (χ2n) is 5.17. The van der Waals surface area contributed by atoms with Crippen molar-refractivity contribution in [3.05, 3.63) is 35.4 Å². The zero-order chi connectivity index (χ0) is 14.7. The van der Waals surface area contributed by atoms with Gasteiger partial charge >= 0.3 is 0 Å². The van der Waals surface area contributed by atoms with Crippen molar-refractivity contribution in [1.29, 1.82) is 0 Å². The first-order valence-electron chi connectivity index (χ1n) is 7.15. The number of fused-ring (bicyclic) bond motifs is 1. The summed E-state index contributed by atoms with van der Waals surface area (Å²) < 4.78 is 1.95. The van der Waals surface area contributed by atoms with Crippen LogP contribution >= 0.6 is 0 Å². The van der Waals surface area contributed by atoms with Gasteiger partial charge in [0.1, 0.15) is 0 Å². The predicted molar refractivity (Wildman–Crippen MR) is 78.6 cm³/mol. The number of aliphatic hydroxyl groups is 1. The van der Waals surface area contributed by atoms with E-state index in [1.165, 1.54) is 11.3 Å². The maximum Gasteiger partial charge on any atom is 0.222 e. The summed E-state index contributed by atoms with van der Waals surface area (Å²) in [5.74, 6) is 0.620. The molecule has 0 fully saturated rings. The Hall–Kier alpha value is -1.99. The number of aliphatic hydroxyl groups excluding tert-OH is 1. The zero-order valence-corrected chi connectivity index (χ0v) is 12.2. The van der Waals surface area contributed by atoms with Gasteiger partial charge in [0.15, 0.2) is 0 Å². The summed E-state index contributed by atoms with van der Waals surface area (Å²) in [7, 11) is 1.98. The molecular formula is C14H20N6O. The van der Waals surface area contributed by atoms with Gasteiger partial charge in [0.2, 0.25) is 5.95 Å². The third-order valence-electron chi connectivity index (χ3n) is 3.81. The van der Waals surface area contributed by atoms with E-state index in [-0.39, 0.29) is 6.61 Å². The number of anilines is 1. The van der Waals surface area contributed by atoms with Crippen molar-refractivity contribution in [2.24, 2.45) is 7.05 Å². The maximum atomic E-state index is 9.06. The molecule has 0 spiro atoms. The van der Waals surface area contributed by atoms with Crippen LogP contribution < -0.4 is 5.32 Å². The van der Waals surface area contributed by atoms with E-state index in [4.69, 9.17) is 5.11 Å². The summed E-state index contributed by atoms with van der Waals surface area (Å²) in [4.78, 5) is 10.6. The largest absolute Gasteiger partial charge is 0.395 e. The van der Waals surface area contributed by atoms with Gasteiger partial charge in [-0.3, -0.25) is 9.58 Å². The molecule has 7 heteroatoms. The van der Waals surface area contributed by atoms with Gasteiger partial charge in [0.25, 0.3) is 0 Å². The quantitative estimate of drug-likeness (QED) is 0.817. The van der Waals surface area contributed by atoms with Crippen LogP contribution in [0.15, 0.2) is 18.5 Å². The molecule has 21 heavy (non-hydrogen) atoms. The molecule has 0 unspecified atom stereocenters. The van der Waals surface area contributed by atoms with Gasteiger partial charge < -0.3 is 10.4 Å². The highest BCUT2D eigenvalue weighted by molar-refractivity contribution is 5.32. The minimum Gasteiger partial charge on any atom is -0.395 e. The second-order valence-corrected chi connectivity index (χ2v) is 5.17. The first-order valence-corrected chi connectivity index (χ1v) is 7.15. The lowest BCUT2D eigenvalue weighted by Gasteiger charge is -2.26. The van der Waals surface area contributed by atoms with Crippen molar-refractivity contribution < 1.29 is 5.11 Å². The van der Waals surface area contributed by atoms with E-state index in [0.29, 0.717) is 12.5 Å². The lowest BCUT2D eigenvalue weighted by atomic mass is 10.0. The highest BCUT2D eigenvalue weighted by Gasteiger charge is 2.23. The number of nitrogens with zero attached hydrogens (tertiary/aromatic N) is 5. The van der Waals surface area contributed by atoms with Crippen LogP contribution in [-0.4, -0.2) is 49.5 Å². The minimum atomic E-state index is 0.201. The standard InChI is InChI=1S/C14H20N6O/c1-19-13-10-20(7-8-21)6-3-11(13)12(18-19)9-17-14-15-4-2-5-16-14/h2,4-5,21H,3,6-10H2,1H3,(H,15,16,17). The number of hydrogen-bond donors (Lipinski definition) is 2. The first-order chi connectivity index (χ1) is 10.3. The van der Waals surface area contributed by atoms with Crippen LogP contribution in [0, 0.1) is 0 Å². The van der Waals surface area contributed by atoms with Gasteiger partial charge in [-0.2, -0.15) is 5.10 Å². The van der Waals surface area contributed by atoms with Crippen LogP contribution in [0.25, 0.3) is 0 Å². The van der Waals surface area contributed by atoms with Crippen LogP contribution in [-0.2, 0) is 26.6 Å². The Labute approximate surface area is 123 Å². The van der Waals surface area contributed by atoms with Gasteiger partial charge in [-0.25, -0.2) is 9.97 Å². The molecule has 0 aromatic carbocycles. The van der Waals surface area contributed by atoms with Crippen molar-refractivity contribution in [1.82, 2.24) is 24.6 Å². The summed E-state index contributed by atoms with van der Waals surface area (Å²) in [5.41, 5.74) is 3.61. The molecule has 1 aliphatic rings. The van der Waals surface area contributed by atoms with Gasteiger partial charge in [0.05, 0.1) is 24.5 Å². The molecule has 7 nitrogen and oxygen atoms in total. The van der Waals surface area contributed by atoms with Crippen LogP contribution in [0.2, 0.25) is 0 Å². The molecule has 0 radical (unpaired) electrons. The van der Waals surface area contributed by atoms with Gasteiger partial charge in [-0.15, -0.1) is 0 Å². The topological polar surface area (TPSA) is 79.1 Å². The molecule has 1 aliphatic heterocycles. The van der Waals surface area contributed by atoms with E-state index in [9.17, 15) is 0 Å². The third kappa shape index (κ3) is 3.03. The molecular weight excluding hydrogens is 268 g/mol. The molecule has 0 saturated carbocycles. The molecule has 3 heterocycles. The van der Waals surface area contributed by atoms with Crippen molar-refractivity contribution >= 4 is 5.95 Å². The Morgan fingerprint density at radius 3 is 2.90 bits per heavy atom. The van der Waals surface area contributed by atoms with Crippen LogP contribution in [0.1, 0.15) is 17.0 Å². The summed E-state index contributed by atoms with van der Waals surface area (Å²) >= 11 is 0. The smallest absolute Gasteiger partial charge is 0.222 e. The van der Waals surface area contributed by atoms with Crippen molar-refractivity contribution in [2.75, 3.05) is 25.0 Å². The predicted octanol–water partition coefficient (Wildman–Crippen LogP) is 0.173. The number of hydrogen-bond acceptors (Lipinski definition) is 6. The Balaban J connectivity index is 1.72. The third-order valence-corrected chi connectivity index (χ3v) is 3.81. The van der Waals surface area contributed by atoms with E-state index in [0.717, 1.165) is 31.7 Å². The fraction of sp³-hybridized carbons (Fsp3) is 0.500. The number of nitrogens with one attached hydrogen (secondary N) is 1. The first kappa shape index (κ1) is 14.0. The molecule has 0 saturated heterocycles. The monoisotopic (exact) mass is 288 g/mol. The molecule has 2 N–H and O–H groups in total. The SMILES string of the molecule is Cn1nc(CNc2ncccn2)c2c1CN(CCO)CC2. The van der Waals surface area contributed by atoms with Crippen molar-refractivity contribution in [3.63, 3.8) is 0 Å². The summed E-state index contributed by atoms with van der Waals surface area (Å²) in [5, 5.41) is 16.9. The van der Waals surface area contributed by atoms with E-state index >= 15 is 0 Å². The molecule has 0 atom stereocenters. The summed E-state index contributed by atoms with van der Waals surface area (Å²) in [6.07, 6.45) is 4.40. The molecule has 112 valence electrons.